The third-order valence-electron chi connectivity index (χ3n) is 3.64. The molecule has 0 unspecified atom stereocenters. The highest BCUT2D eigenvalue weighted by molar-refractivity contribution is 7.91. The molecule has 140 valence electrons. The van der Waals surface area contributed by atoms with Crippen molar-refractivity contribution in [3.63, 3.8) is 0 Å². The molecule has 1 N–H and O–H groups in total. The molecule has 0 aliphatic carbocycles. The second kappa shape index (κ2) is 8.68. The van der Waals surface area contributed by atoms with Crippen LogP contribution in [0.25, 0.3) is 0 Å². The minimum absolute atomic E-state index is 0.112. The highest BCUT2D eigenvalue weighted by Gasteiger charge is 2.15. The normalized spacial score (nSPS) is 11.0. The van der Waals surface area contributed by atoms with Crippen LogP contribution in [0.1, 0.15) is 10.4 Å². The summed E-state index contributed by atoms with van der Waals surface area (Å²) in [6.07, 6.45) is 0. The monoisotopic (exact) mass is 379 g/mol. The lowest BCUT2D eigenvalue weighted by atomic mass is 10.2. The Kier molecular flexibility index (Phi) is 6.59. The average molecular weight is 379 g/mol. The molecule has 0 aliphatic heterocycles. The number of nitrogens with one attached hydrogen (secondary N) is 1. The molecule has 2 aromatic carbocycles. The summed E-state index contributed by atoms with van der Waals surface area (Å²) in [5.41, 5.74) is 0.834. The number of hydrogen-bond donors (Lipinski definition) is 1. The van der Waals surface area contributed by atoms with Crippen LogP contribution >= 0.6 is 0 Å². The number of rotatable bonds is 8. The van der Waals surface area contributed by atoms with Gasteiger partial charge in [0.05, 0.1) is 31.5 Å². The van der Waals surface area contributed by atoms with Gasteiger partial charge in [-0.25, -0.2) is 8.42 Å². The second-order valence-corrected chi connectivity index (χ2v) is 7.50. The molecule has 0 radical (unpaired) electrons. The summed E-state index contributed by atoms with van der Waals surface area (Å²) in [6, 6.07) is 10.8. The van der Waals surface area contributed by atoms with E-state index in [0.29, 0.717) is 22.7 Å². The zero-order chi connectivity index (χ0) is 19.2. The number of sulfone groups is 1. The summed E-state index contributed by atoms with van der Waals surface area (Å²) < 4.78 is 39.3. The Morgan fingerprint density at radius 3 is 2.04 bits per heavy atom. The maximum Gasteiger partial charge on any atom is 0.255 e. The van der Waals surface area contributed by atoms with Crippen LogP contribution in [-0.4, -0.2) is 48.0 Å². The van der Waals surface area contributed by atoms with Gasteiger partial charge in [-0.15, -0.1) is 0 Å². The molecule has 0 spiro atoms. The van der Waals surface area contributed by atoms with Gasteiger partial charge in [-0.3, -0.25) is 4.79 Å². The van der Waals surface area contributed by atoms with Crippen molar-refractivity contribution in [3.8, 4) is 11.5 Å². The van der Waals surface area contributed by atoms with Gasteiger partial charge in [0, 0.05) is 36.6 Å². The predicted molar refractivity (Wildman–Crippen MR) is 97.9 cm³/mol. The van der Waals surface area contributed by atoms with Crippen LogP contribution in [0.4, 0.5) is 5.69 Å². The first-order valence-electron chi connectivity index (χ1n) is 7.76. The van der Waals surface area contributed by atoms with E-state index >= 15 is 0 Å². The lowest BCUT2D eigenvalue weighted by Gasteiger charge is -2.10. The summed E-state index contributed by atoms with van der Waals surface area (Å²) >= 11 is 0. The van der Waals surface area contributed by atoms with Crippen molar-refractivity contribution in [2.45, 2.75) is 4.90 Å². The van der Waals surface area contributed by atoms with E-state index in [0.717, 1.165) is 0 Å². The van der Waals surface area contributed by atoms with Gasteiger partial charge in [-0.2, -0.15) is 0 Å². The molecule has 1 amide bonds. The molecule has 0 saturated heterocycles. The number of methoxy groups -OCH3 is 3. The Morgan fingerprint density at radius 2 is 1.54 bits per heavy atom. The zero-order valence-corrected chi connectivity index (χ0v) is 15.6. The topological polar surface area (TPSA) is 90.9 Å². The van der Waals surface area contributed by atoms with Crippen LogP contribution in [0, 0.1) is 0 Å². The van der Waals surface area contributed by atoms with Crippen LogP contribution < -0.4 is 14.8 Å². The van der Waals surface area contributed by atoms with Gasteiger partial charge in [0.25, 0.3) is 5.91 Å². The van der Waals surface area contributed by atoms with Crippen LogP contribution in [-0.2, 0) is 14.6 Å². The first-order valence-corrected chi connectivity index (χ1v) is 9.41. The van der Waals surface area contributed by atoms with Crippen molar-refractivity contribution in [1.29, 1.82) is 0 Å². The van der Waals surface area contributed by atoms with Gasteiger partial charge in [0.2, 0.25) is 0 Å². The predicted octanol–water partition coefficient (Wildman–Crippen LogP) is 2.38. The molecule has 8 heteroatoms. The average Bonchev–Trinajstić information content (AvgIpc) is 2.66. The third kappa shape index (κ3) is 4.96. The van der Waals surface area contributed by atoms with Crippen molar-refractivity contribution < 1.29 is 27.4 Å². The Hall–Kier alpha value is -2.58. The fourth-order valence-corrected chi connectivity index (χ4v) is 3.38. The minimum Gasteiger partial charge on any atom is -0.497 e. The van der Waals surface area contributed by atoms with Crippen LogP contribution in [0.2, 0.25) is 0 Å². The fourth-order valence-electron chi connectivity index (χ4n) is 2.21. The van der Waals surface area contributed by atoms with Crippen LogP contribution in [0.3, 0.4) is 0 Å². The fraction of sp³-hybridized carbons (Fsp3) is 0.278. The van der Waals surface area contributed by atoms with Crippen molar-refractivity contribution in [2.24, 2.45) is 0 Å². The summed E-state index contributed by atoms with van der Waals surface area (Å²) in [5.74, 6) is 0.596. The summed E-state index contributed by atoms with van der Waals surface area (Å²) in [6.45, 7) is 0.113. The van der Waals surface area contributed by atoms with Crippen molar-refractivity contribution in [2.75, 3.05) is 39.0 Å². The summed E-state index contributed by atoms with van der Waals surface area (Å²) in [5, 5.41) is 2.73. The molecule has 0 bridgehead atoms. The molecular weight excluding hydrogens is 358 g/mol. The molecule has 0 atom stereocenters. The number of anilines is 1. The molecule has 2 rings (SSSR count). The molecule has 0 aliphatic rings. The maximum atomic E-state index is 12.4. The van der Waals surface area contributed by atoms with E-state index in [1.165, 1.54) is 45.6 Å². The lowest BCUT2D eigenvalue weighted by Crippen LogP contribution is -2.14. The van der Waals surface area contributed by atoms with E-state index in [9.17, 15) is 13.2 Å². The van der Waals surface area contributed by atoms with Crippen LogP contribution in [0.5, 0.6) is 11.5 Å². The molecule has 0 heterocycles. The highest BCUT2D eigenvalue weighted by Crippen LogP contribution is 2.26. The highest BCUT2D eigenvalue weighted by atomic mass is 32.2. The van der Waals surface area contributed by atoms with Crippen LogP contribution in [0.15, 0.2) is 47.4 Å². The van der Waals surface area contributed by atoms with Crippen molar-refractivity contribution >= 4 is 21.4 Å². The Morgan fingerprint density at radius 1 is 0.962 bits per heavy atom. The Balaban J connectivity index is 2.16. The summed E-state index contributed by atoms with van der Waals surface area (Å²) in [7, 11) is 1.04. The minimum atomic E-state index is -3.43. The van der Waals surface area contributed by atoms with Crippen molar-refractivity contribution in [3.05, 3.63) is 48.0 Å². The van der Waals surface area contributed by atoms with Gasteiger partial charge in [0.1, 0.15) is 11.5 Å². The second-order valence-electron chi connectivity index (χ2n) is 5.39. The molecule has 7 nitrogen and oxygen atoms in total. The Bertz CT molecular complexity index is 840. The van der Waals surface area contributed by atoms with Crippen molar-refractivity contribution in [1.82, 2.24) is 0 Å². The van der Waals surface area contributed by atoms with Gasteiger partial charge >= 0.3 is 0 Å². The third-order valence-corrected chi connectivity index (χ3v) is 5.34. The molecule has 2 aromatic rings. The molecule has 0 fully saturated rings. The number of carbonyl (C=O) groups excluding carboxylic acids is 1. The van der Waals surface area contributed by atoms with E-state index in [1.807, 2.05) is 0 Å². The molecule has 26 heavy (non-hydrogen) atoms. The summed E-state index contributed by atoms with van der Waals surface area (Å²) in [4.78, 5) is 12.5. The maximum absolute atomic E-state index is 12.4. The standard InChI is InChI=1S/C18H21NO6S/c1-23-8-9-26(21,22)17-6-4-13(5-7-17)18(20)19-14-10-15(24-2)12-16(11-14)25-3/h4-7,10-12H,8-9H2,1-3H3,(H,19,20). The van der Waals surface area contributed by atoms with E-state index in [4.69, 9.17) is 14.2 Å². The first kappa shape index (κ1) is 19.7. The van der Waals surface area contributed by atoms with Gasteiger partial charge in [-0.1, -0.05) is 0 Å². The largest absolute Gasteiger partial charge is 0.497 e. The number of carbonyl (C=O) groups is 1. The van der Waals surface area contributed by atoms with E-state index in [-0.39, 0.29) is 23.2 Å². The van der Waals surface area contributed by atoms with Gasteiger partial charge in [0.15, 0.2) is 9.84 Å². The molecule has 0 saturated carbocycles. The smallest absolute Gasteiger partial charge is 0.255 e. The SMILES string of the molecule is COCCS(=O)(=O)c1ccc(C(=O)Nc2cc(OC)cc(OC)c2)cc1. The lowest BCUT2D eigenvalue weighted by molar-refractivity contribution is 0.102. The van der Waals surface area contributed by atoms with E-state index in [1.54, 1.807) is 18.2 Å². The number of hydrogen-bond acceptors (Lipinski definition) is 6. The number of benzene rings is 2. The Labute approximate surface area is 152 Å². The first-order chi connectivity index (χ1) is 12.4. The zero-order valence-electron chi connectivity index (χ0n) is 14.8. The van der Waals surface area contributed by atoms with E-state index < -0.39 is 9.84 Å². The molecule has 0 aromatic heterocycles. The number of amides is 1. The number of ether oxygens (including phenoxy) is 3. The van der Waals surface area contributed by atoms with Gasteiger partial charge < -0.3 is 19.5 Å². The van der Waals surface area contributed by atoms with E-state index in [2.05, 4.69) is 5.32 Å². The van der Waals surface area contributed by atoms with Gasteiger partial charge in [-0.05, 0) is 24.3 Å². The molecular formula is C18H21NO6S. The quantitative estimate of drug-likeness (QED) is 0.757.